The number of halogens is 3. The molecule has 1 saturated heterocycles. The van der Waals surface area contributed by atoms with E-state index < -0.39 is 23.3 Å². The summed E-state index contributed by atoms with van der Waals surface area (Å²) in [5.74, 6) is 1.18. The number of nitrogens with zero attached hydrogens (tertiary/aromatic N) is 5. The van der Waals surface area contributed by atoms with Crippen molar-refractivity contribution < 1.29 is 22.4 Å². The number of rotatable bonds is 3. The molecule has 1 aliphatic carbocycles. The lowest BCUT2D eigenvalue weighted by Gasteiger charge is -2.61. The highest BCUT2D eigenvalue weighted by Gasteiger charge is 2.62. The number of urea groups is 1. The minimum absolute atomic E-state index is 0.00425. The monoisotopic (exact) mass is 447 g/mol. The summed E-state index contributed by atoms with van der Waals surface area (Å²) in [5.41, 5.74) is -1.49. The van der Waals surface area contributed by atoms with E-state index in [0.29, 0.717) is 30.5 Å². The van der Waals surface area contributed by atoms with Gasteiger partial charge in [0.1, 0.15) is 11.2 Å². The molecule has 1 aromatic carbocycles. The van der Waals surface area contributed by atoms with Crippen LogP contribution in [0.2, 0.25) is 0 Å². The Labute approximate surface area is 180 Å². The number of H-pyrrole nitrogens is 1. The molecule has 168 valence electrons. The van der Waals surface area contributed by atoms with Crippen LogP contribution in [0.3, 0.4) is 0 Å². The molecule has 2 bridgehead atoms. The van der Waals surface area contributed by atoms with E-state index in [0.717, 1.165) is 12.5 Å². The van der Waals surface area contributed by atoms with Crippen molar-refractivity contribution in [2.75, 3.05) is 5.32 Å². The highest BCUT2D eigenvalue weighted by Crippen LogP contribution is 2.55. The van der Waals surface area contributed by atoms with Crippen LogP contribution in [0.25, 0.3) is 11.3 Å². The number of carbonyl (C=O) groups is 1. The molecule has 2 N–H and O–H groups in total. The van der Waals surface area contributed by atoms with Crippen LogP contribution in [0.4, 0.5) is 23.7 Å². The van der Waals surface area contributed by atoms with Crippen molar-refractivity contribution in [1.29, 1.82) is 0 Å². The number of carbonyl (C=O) groups excluding carboxylic acids is 1. The maximum absolute atomic E-state index is 13.5. The van der Waals surface area contributed by atoms with Gasteiger partial charge in [0.15, 0.2) is 0 Å². The molecule has 32 heavy (non-hydrogen) atoms. The van der Waals surface area contributed by atoms with Crippen molar-refractivity contribution in [2.24, 2.45) is 5.92 Å². The minimum Gasteiger partial charge on any atom is -0.423 e. The van der Waals surface area contributed by atoms with E-state index >= 15 is 0 Å². The van der Waals surface area contributed by atoms with Gasteiger partial charge >= 0.3 is 12.2 Å². The van der Waals surface area contributed by atoms with Crippen LogP contribution in [0.1, 0.15) is 43.5 Å². The Morgan fingerprint density at radius 2 is 2.12 bits per heavy atom. The topological polar surface area (TPSA) is 113 Å². The number of fused-ring (bicyclic) bond motifs is 2. The maximum Gasteiger partial charge on any atom is 0.417 e. The Kier molecular flexibility index (Phi) is 4.50. The van der Waals surface area contributed by atoms with E-state index in [2.05, 4.69) is 37.8 Å². The third-order valence-corrected chi connectivity index (χ3v) is 6.17. The van der Waals surface area contributed by atoms with Gasteiger partial charge in [-0.15, -0.1) is 10.2 Å². The molecule has 1 aliphatic heterocycles. The van der Waals surface area contributed by atoms with Gasteiger partial charge in [-0.1, -0.05) is 6.92 Å². The highest BCUT2D eigenvalue weighted by molar-refractivity contribution is 5.92. The third-order valence-electron chi connectivity index (χ3n) is 6.17. The number of amides is 2. The van der Waals surface area contributed by atoms with Crippen molar-refractivity contribution in [3.05, 3.63) is 41.7 Å². The molecule has 0 radical (unpaired) electrons. The van der Waals surface area contributed by atoms with Gasteiger partial charge in [-0.3, -0.25) is 0 Å². The first-order valence-electron chi connectivity index (χ1n) is 10.2. The Morgan fingerprint density at radius 3 is 2.78 bits per heavy atom. The van der Waals surface area contributed by atoms with Gasteiger partial charge in [0.25, 0.3) is 0 Å². The fourth-order valence-corrected chi connectivity index (χ4v) is 5.03. The van der Waals surface area contributed by atoms with Gasteiger partial charge in [0, 0.05) is 30.6 Å². The first-order valence-corrected chi connectivity index (χ1v) is 10.2. The first-order chi connectivity index (χ1) is 15.2. The molecule has 3 aromatic rings. The molecule has 12 heteroatoms. The Hall–Kier alpha value is -3.44. The average molecular weight is 447 g/mol. The molecule has 3 heterocycles. The zero-order valence-corrected chi connectivity index (χ0v) is 17.3. The summed E-state index contributed by atoms with van der Waals surface area (Å²) in [6, 6.07) is 2.98. The summed E-state index contributed by atoms with van der Waals surface area (Å²) in [7, 11) is 0. The number of hydrogen-bond acceptors (Lipinski definition) is 6. The van der Waals surface area contributed by atoms with Gasteiger partial charge < -0.3 is 14.6 Å². The quantitative estimate of drug-likeness (QED) is 0.625. The summed E-state index contributed by atoms with van der Waals surface area (Å²) in [5, 5.41) is 20.5. The molecule has 5 rings (SSSR count). The number of piperidine rings is 1. The molecule has 2 fully saturated rings. The lowest BCUT2D eigenvalue weighted by molar-refractivity contribution is -0.137. The number of benzene rings is 1. The van der Waals surface area contributed by atoms with Gasteiger partial charge in [-0.25, -0.2) is 4.79 Å². The van der Waals surface area contributed by atoms with Crippen LogP contribution in [0.5, 0.6) is 0 Å². The standard InChI is InChI=1S/C20H20F3N7O2/c1-10-5-13-8-19(7-10,17-28-26-11(2)32-17)30(13)18(31)25-12-3-4-15(20(21,22)23)14(6-12)16-9-24-29-27-16/h3-4,6,9-10,13H,5,7-8H2,1-2H3,(H,25,31)(H,24,27,29)/t10-,13-,19+/m1/s1. The molecule has 2 aliphatic rings. The Balaban J connectivity index is 1.46. The molecule has 9 nitrogen and oxygen atoms in total. The second kappa shape index (κ2) is 7.04. The zero-order chi connectivity index (χ0) is 22.7. The Bertz CT molecular complexity index is 1160. The van der Waals surface area contributed by atoms with Crippen LogP contribution in [0, 0.1) is 12.8 Å². The summed E-state index contributed by atoms with van der Waals surface area (Å²) < 4.78 is 46.1. The number of aromatic amines is 1. The molecule has 3 atom stereocenters. The summed E-state index contributed by atoms with van der Waals surface area (Å²) in [4.78, 5) is 14.9. The van der Waals surface area contributed by atoms with Gasteiger partial charge in [0.2, 0.25) is 11.8 Å². The molecule has 0 spiro atoms. The normalized spacial score (nSPS) is 24.8. The minimum atomic E-state index is -4.58. The number of alkyl halides is 3. The lowest BCUT2D eigenvalue weighted by atomic mass is 9.64. The van der Waals surface area contributed by atoms with E-state index in [1.165, 1.54) is 18.3 Å². The van der Waals surface area contributed by atoms with E-state index in [9.17, 15) is 18.0 Å². The van der Waals surface area contributed by atoms with Gasteiger partial charge in [-0.2, -0.15) is 28.6 Å². The molecular formula is C20H20F3N7O2. The number of aromatic nitrogens is 5. The van der Waals surface area contributed by atoms with Gasteiger partial charge in [-0.05, 0) is 37.0 Å². The summed E-state index contributed by atoms with van der Waals surface area (Å²) >= 11 is 0. The zero-order valence-electron chi connectivity index (χ0n) is 17.3. The lowest BCUT2D eigenvalue weighted by Crippen LogP contribution is -2.70. The largest absolute Gasteiger partial charge is 0.423 e. The van der Waals surface area contributed by atoms with Crippen molar-refractivity contribution in [2.45, 2.75) is 50.9 Å². The second-order valence-electron chi connectivity index (χ2n) is 8.47. The first kappa shape index (κ1) is 20.5. The van der Waals surface area contributed by atoms with Crippen LogP contribution < -0.4 is 5.32 Å². The van der Waals surface area contributed by atoms with Crippen LogP contribution in [-0.2, 0) is 11.7 Å². The number of anilines is 1. The number of nitrogens with one attached hydrogen (secondary N) is 2. The van der Waals surface area contributed by atoms with E-state index in [1.807, 2.05) is 0 Å². The number of hydrogen-bond donors (Lipinski definition) is 2. The molecular weight excluding hydrogens is 427 g/mol. The fourth-order valence-electron chi connectivity index (χ4n) is 5.03. The fraction of sp³-hybridized carbons (Fsp3) is 0.450. The van der Waals surface area contributed by atoms with Crippen molar-refractivity contribution >= 4 is 11.7 Å². The third kappa shape index (κ3) is 3.21. The molecule has 0 unspecified atom stereocenters. The second-order valence-corrected chi connectivity index (χ2v) is 8.47. The molecule has 2 amide bonds. The highest BCUT2D eigenvalue weighted by atomic mass is 19.4. The van der Waals surface area contributed by atoms with Crippen LogP contribution in [0.15, 0.2) is 28.8 Å². The molecule has 2 aromatic heterocycles. The number of aryl methyl sites for hydroxylation is 1. The van der Waals surface area contributed by atoms with Crippen molar-refractivity contribution in [3.63, 3.8) is 0 Å². The smallest absolute Gasteiger partial charge is 0.417 e. The van der Waals surface area contributed by atoms with Crippen LogP contribution in [-0.4, -0.2) is 42.6 Å². The Morgan fingerprint density at radius 1 is 1.31 bits per heavy atom. The van der Waals surface area contributed by atoms with E-state index in [-0.39, 0.29) is 23.0 Å². The predicted molar refractivity (Wildman–Crippen MR) is 105 cm³/mol. The predicted octanol–water partition coefficient (Wildman–Crippen LogP) is 4.11. The van der Waals surface area contributed by atoms with Crippen molar-refractivity contribution in [3.8, 4) is 11.3 Å². The SMILES string of the molecule is Cc1nnc([C@]23C[C@H](C)C[C@H](C2)N3C(=O)Nc2ccc(C(F)(F)F)c(-c3cn[nH]n3)c2)o1. The van der Waals surface area contributed by atoms with Gasteiger partial charge in [0.05, 0.1) is 11.8 Å². The van der Waals surface area contributed by atoms with E-state index in [1.54, 1.807) is 11.8 Å². The maximum atomic E-state index is 13.5. The summed E-state index contributed by atoms with van der Waals surface area (Å²) in [6.07, 6.45) is -1.16. The number of likely N-dealkylation sites (tertiary alicyclic amines) is 1. The van der Waals surface area contributed by atoms with E-state index in [4.69, 9.17) is 4.42 Å². The average Bonchev–Trinajstić information content (AvgIpc) is 3.38. The van der Waals surface area contributed by atoms with Crippen LogP contribution >= 0.6 is 0 Å². The summed E-state index contributed by atoms with van der Waals surface area (Å²) in [6.45, 7) is 3.80. The van der Waals surface area contributed by atoms with Crippen molar-refractivity contribution in [1.82, 2.24) is 30.5 Å². The molecule has 1 saturated carbocycles.